The summed E-state index contributed by atoms with van der Waals surface area (Å²) >= 11 is 0. The molecule has 5 rings (SSSR count). The first-order valence-electron chi connectivity index (χ1n) is 17.4. The number of cyclic esters (lactones) is 1. The first kappa shape index (κ1) is 37.9. The summed E-state index contributed by atoms with van der Waals surface area (Å²) in [6, 6.07) is 28.2. The van der Waals surface area contributed by atoms with Gasteiger partial charge in [-0.1, -0.05) is 54.6 Å². The Morgan fingerprint density at radius 1 is 0.824 bits per heavy atom. The Morgan fingerprint density at radius 2 is 1.43 bits per heavy atom. The third-order valence-corrected chi connectivity index (χ3v) is 10.4. The third kappa shape index (κ3) is 10.6. The quantitative estimate of drug-likeness (QED) is 0.114. The molecule has 1 heterocycles. The molecule has 0 saturated carbocycles. The van der Waals surface area contributed by atoms with E-state index in [0.717, 1.165) is 22.4 Å². The lowest BCUT2D eigenvalue weighted by molar-refractivity contribution is -0.131. The highest BCUT2D eigenvalue weighted by Gasteiger charge is 2.43. The molecule has 7 nitrogen and oxygen atoms in total. The van der Waals surface area contributed by atoms with Crippen LogP contribution in [0.15, 0.2) is 103 Å². The number of halogens is 2. The number of amides is 2. The van der Waals surface area contributed by atoms with Gasteiger partial charge in [0.05, 0.1) is 6.10 Å². The van der Waals surface area contributed by atoms with Crippen LogP contribution in [0.4, 0.5) is 19.3 Å². The normalized spacial score (nSPS) is 16.0. The fraction of sp³-hybridized carbons (Fsp3) is 0.350. The summed E-state index contributed by atoms with van der Waals surface area (Å²) < 4.78 is 46.5. The van der Waals surface area contributed by atoms with E-state index in [1.165, 1.54) is 29.2 Å². The molecule has 1 saturated heterocycles. The second-order valence-electron chi connectivity index (χ2n) is 14.9. The van der Waals surface area contributed by atoms with Crippen molar-refractivity contribution in [1.29, 1.82) is 0 Å². The number of rotatable bonds is 15. The first-order chi connectivity index (χ1) is 24.2. The average Bonchev–Trinajstić information content (AvgIpc) is 3.47. The molecule has 51 heavy (non-hydrogen) atoms. The molecule has 4 aromatic rings. The van der Waals surface area contributed by atoms with Gasteiger partial charge in [-0.3, -0.25) is 4.79 Å². The molecule has 0 unspecified atom stereocenters. The SMILES string of the molecule is C[Si](C)(C)Oc1ccc(CCN(c2ccc(F)cc2)[C@H](CC[C@H](O[Si](C)(C)C)c2ccc(F)cc2)C(=O)N2C(=O)OC[C@@H]2c2ccccc2)cc1. The molecular weight excluding hydrogens is 683 g/mol. The monoisotopic (exact) mass is 730 g/mol. The number of hydrogen-bond donors (Lipinski definition) is 0. The van der Waals surface area contributed by atoms with Crippen LogP contribution in [-0.2, 0) is 20.4 Å². The summed E-state index contributed by atoms with van der Waals surface area (Å²) in [4.78, 5) is 31.4. The molecule has 1 aliphatic rings. The van der Waals surface area contributed by atoms with Gasteiger partial charge >= 0.3 is 6.09 Å². The lowest BCUT2D eigenvalue weighted by Gasteiger charge is -2.37. The molecule has 0 bridgehead atoms. The Balaban J connectivity index is 1.52. The minimum Gasteiger partial charge on any atom is -0.544 e. The molecule has 0 spiro atoms. The van der Waals surface area contributed by atoms with E-state index in [0.29, 0.717) is 25.1 Å². The van der Waals surface area contributed by atoms with Crippen LogP contribution in [0, 0.1) is 11.6 Å². The molecule has 11 heteroatoms. The maximum absolute atomic E-state index is 14.9. The second kappa shape index (κ2) is 16.3. The number of nitrogens with zero attached hydrogens (tertiary/aromatic N) is 2. The summed E-state index contributed by atoms with van der Waals surface area (Å²) in [5.74, 6) is -0.345. The lowest BCUT2D eigenvalue weighted by atomic mass is 9.98. The number of anilines is 1. The van der Waals surface area contributed by atoms with Crippen molar-refractivity contribution < 1.29 is 32.0 Å². The maximum atomic E-state index is 14.9. The minimum absolute atomic E-state index is 0.0423. The zero-order chi connectivity index (χ0) is 36.8. The van der Waals surface area contributed by atoms with Crippen molar-refractivity contribution in [2.24, 2.45) is 0 Å². The van der Waals surface area contributed by atoms with Crippen LogP contribution >= 0.6 is 0 Å². The molecule has 1 fully saturated rings. The van der Waals surface area contributed by atoms with E-state index in [2.05, 4.69) is 39.3 Å². The van der Waals surface area contributed by atoms with Crippen LogP contribution in [0.1, 0.15) is 41.7 Å². The summed E-state index contributed by atoms with van der Waals surface area (Å²) in [5.41, 5.74) is 3.27. The molecule has 0 aromatic heterocycles. The van der Waals surface area contributed by atoms with Crippen molar-refractivity contribution in [3.63, 3.8) is 0 Å². The van der Waals surface area contributed by atoms with Gasteiger partial charge in [0.25, 0.3) is 5.91 Å². The number of benzene rings is 4. The molecule has 0 aliphatic carbocycles. The molecular formula is C40H48F2N2O5Si2. The van der Waals surface area contributed by atoms with E-state index in [-0.39, 0.29) is 18.8 Å². The smallest absolute Gasteiger partial charge is 0.417 e. The Labute approximate surface area is 302 Å². The van der Waals surface area contributed by atoms with Crippen LogP contribution in [0.2, 0.25) is 39.3 Å². The van der Waals surface area contributed by atoms with E-state index in [1.807, 2.05) is 59.5 Å². The summed E-state index contributed by atoms with van der Waals surface area (Å²) in [6.07, 6.45) is 0.137. The van der Waals surface area contributed by atoms with Gasteiger partial charge in [-0.15, -0.1) is 0 Å². The van der Waals surface area contributed by atoms with Crippen LogP contribution in [0.3, 0.4) is 0 Å². The van der Waals surface area contributed by atoms with Crippen molar-refractivity contribution >= 4 is 34.3 Å². The van der Waals surface area contributed by atoms with Gasteiger partial charge in [0.1, 0.15) is 36.1 Å². The zero-order valence-electron chi connectivity index (χ0n) is 30.3. The Kier molecular flexibility index (Phi) is 12.2. The topological polar surface area (TPSA) is 68.3 Å². The number of carbonyl (C=O) groups excluding carboxylic acids is 2. The van der Waals surface area contributed by atoms with Crippen molar-refractivity contribution in [2.45, 2.75) is 76.7 Å². The van der Waals surface area contributed by atoms with Crippen molar-refractivity contribution in [3.05, 3.63) is 131 Å². The summed E-state index contributed by atoms with van der Waals surface area (Å²) in [7, 11) is -3.89. The van der Waals surface area contributed by atoms with Crippen molar-refractivity contribution in [3.8, 4) is 5.75 Å². The van der Waals surface area contributed by atoms with Gasteiger partial charge in [-0.05, 0) is 124 Å². The fourth-order valence-corrected chi connectivity index (χ4v) is 8.24. The number of ether oxygens (including phenoxy) is 1. The van der Waals surface area contributed by atoms with E-state index < -0.39 is 52.6 Å². The molecule has 270 valence electrons. The van der Waals surface area contributed by atoms with Crippen molar-refractivity contribution in [1.82, 2.24) is 4.90 Å². The number of hydrogen-bond acceptors (Lipinski definition) is 6. The first-order valence-corrected chi connectivity index (χ1v) is 24.3. The zero-order valence-corrected chi connectivity index (χ0v) is 32.3. The van der Waals surface area contributed by atoms with E-state index in [4.69, 9.17) is 13.6 Å². The van der Waals surface area contributed by atoms with Gasteiger partial charge in [0.2, 0.25) is 8.32 Å². The molecule has 4 aromatic carbocycles. The summed E-state index contributed by atoms with van der Waals surface area (Å²) in [6.45, 7) is 13.1. The molecule has 3 atom stereocenters. The van der Waals surface area contributed by atoms with E-state index >= 15 is 0 Å². The van der Waals surface area contributed by atoms with Crippen LogP contribution in [-0.4, -0.2) is 52.7 Å². The molecule has 0 radical (unpaired) electrons. The van der Waals surface area contributed by atoms with Gasteiger partial charge in [0.15, 0.2) is 8.32 Å². The van der Waals surface area contributed by atoms with Gasteiger partial charge in [-0.25, -0.2) is 18.5 Å². The average molecular weight is 731 g/mol. The minimum atomic E-state index is -2.11. The van der Waals surface area contributed by atoms with Crippen LogP contribution in [0.5, 0.6) is 5.75 Å². The van der Waals surface area contributed by atoms with Gasteiger partial charge < -0.3 is 18.5 Å². The molecule has 2 amide bonds. The van der Waals surface area contributed by atoms with Gasteiger partial charge in [-0.2, -0.15) is 0 Å². The van der Waals surface area contributed by atoms with Gasteiger partial charge in [0, 0.05) is 12.2 Å². The fourth-order valence-electron chi connectivity index (χ4n) is 6.29. The number of carbonyl (C=O) groups is 2. The predicted molar refractivity (Wildman–Crippen MR) is 202 cm³/mol. The lowest BCUT2D eigenvalue weighted by Crippen LogP contribution is -2.51. The van der Waals surface area contributed by atoms with Crippen LogP contribution in [0.25, 0.3) is 0 Å². The number of imide groups is 1. The second-order valence-corrected chi connectivity index (χ2v) is 23.7. The highest BCUT2D eigenvalue weighted by molar-refractivity contribution is 6.70. The van der Waals surface area contributed by atoms with Crippen molar-refractivity contribution in [2.75, 3.05) is 18.1 Å². The largest absolute Gasteiger partial charge is 0.544 e. The maximum Gasteiger partial charge on any atom is 0.417 e. The highest BCUT2D eigenvalue weighted by atomic mass is 28.4. The third-order valence-electron chi connectivity index (χ3n) is 8.54. The highest BCUT2D eigenvalue weighted by Crippen LogP contribution is 2.34. The van der Waals surface area contributed by atoms with E-state index in [1.54, 1.807) is 24.3 Å². The molecule has 1 aliphatic heterocycles. The Hall–Kier alpha value is -4.33. The van der Waals surface area contributed by atoms with Crippen LogP contribution < -0.4 is 9.33 Å². The summed E-state index contributed by atoms with van der Waals surface area (Å²) in [5, 5.41) is 0. The van der Waals surface area contributed by atoms with E-state index in [9.17, 15) is 18.4 Å². The Bertz CT molecular complexity index is 1750. The molecule has 0 N–H and O–H groups in total. The predicted octanol–water partition coefficient (Wildman–Crippen LogP) is 9.69. The standard InChI is InChI=1S/C40H48F2N2O5Si2/c1-50(2,3)48-35-22-12-29(13-23-35)26-27-43(34-20-18-33(42)19-21-34)36(24-25-38(49-51(4,5)6)31-14-16-32(41)17-15-31)39(45)44-37(28-47-40(44)46)30-10-8-7-9-11-30/h7-23,36-38H,24-28H2,1-6H3/t36-,37-,38+/m1/s1. The Morgan fingerprint density at radius 3 is 2.02 bits per heavy atom.